The van der Waals surface area contributed by atoms with E-state index < -0.39 is 46.5 Å². The van der Waals surface area contributed by atoms with Crippen LogP contribution in [0.4, 0.5) is 27.8 Å². The predicted octanol–water partition coefficient (Wildman–Crippen LogP) is 2.52. The van der Waals surface area contributed by atoms with E-state index >= 15 is 0 Å². The van der Waals surface area contributed by atoms with E-state index in [1.807, 2.05) is 0 Å². The number of ether oxygens (including phenoxy) is 1. The number of aromatic nitrogens is 1. The number of halogens is 5. The van der Waals surface area contributed by atoms with Crippen LogP contribution in [0.1, 0.15) is 22.5 Å². The molecule has 110 valence electrons. The zero-order chi connectivity index (χ0) is 15.7. The summed E-state index contributed by atoms with van der Waals surface area (Å²) < 4.78 is 64.6. The van der Waals surface area contributed by atoms with Crippen molar-refractivity contribution in [2.24, 2.45) is 0 Å². The highest BCUT2D eigenvalue weighted by Gasteiger charge is 2.38. The largest absolute Gasteiger partial charge is 0.573 e. The fraction of sp³-hybridized carbons (Fsp3) is 0.250. The van der Waals surface area contributed by atoms with Crippen molar-refractivity contribution in [2.75, 3.05) is 0 Å². The lowest BCUT2D eigenvalue weighted by atomic mass is 10.2. The maximum absolute atomic E-state index is 12.6. The van der Waals surface area contributed by atoms with Crippen molar-refractivity contribution in [3.8, 4) is 5.75 Å². The van der Waals surface area contributed by atoms with Crippen LogP contribution < -0.4 is 4.74 Å². The van der Waals surface area contributed by atoms with Gasteiger partial charge in [-0.2, -0.15) is 0 Å². The number of carboxylic acids is 1. The highest BCUT2D eigenvalue weighted by atomic mass is 19.4. The summed E-state index contributed by atoms with van der Waals surface area (Å²) in [5.74, 6) is -5.35. The van der Waals surface area contributed by atoms with Crippen LogP contribution >= 0.6 is 0 Å². The van der Waals surface area contributed by atoms with Gasteiger partial charge in [0, 0.05) is 6.07 Å². The molecule has 0 spiro atoms. The van der Waals surface area contributed by atoms with Crippen molar-refractivity contribution in [1.29, 1.82) is 0 Å². The summed E-state index contributed by atoms with van der Waals surface area (Å²) in [5.41, 5.74) is -2.99. The maximum atomic E-state index is 12.6. The Kier molecular flexibility index (Phi) is 4.06. The normalized spacial score (nSPS) is 11.5. The summed E-state index contributed by atoms with van der Waals surface area (Å²) >= 11 is 0. The molecule has 0 aliphatic carbocycles. The molecule has 0 bridgehead atoms. The van der Waals surface area contributed by atoms with Gasteiger partial charge in [0.2, 0.25) is 0 Å². The van der Waals surface area contributed by atoms with Crippen LogP contribution in [0, 0.1) is 10.1 Å². The van der Waals surface area contributed by atoms with Gasteiger partial charge in [0.1, 0.15) is 0 Å². The minimum Gasteiger partial charge on any atom is -0.475 e. The Morgan fingerprint density at radius 3 is 2.35 bits per heavy atom. The van der Waals surface area contributed by atoms with Gasteiger partial charge in [-0.25, -0.2) is 13.6 Å². The number of aromatic carboxylic acids is 1. The maximum Gasteiger partial charge on any atom is 0.573 e. The van der Waals surface area contributed by atoms with Gasteiger partial charge in [-0.05, 0) is 9.91 Å². The lowest BCUT2D eigenvalue weighted by Crippen LogP contribution is -2.20. The third-order valence-electron chi connectivity index (χ3n) is 1.84. The molecule has 0 fully saturated rings. The Labute approximate surface area is 105 Å². The Balaban J connectivity index is 3.59. The first-order valence-electron chi connectivity index (χ1n) is 4.49. The number of nitro groups is 1. The summed E-state index contributed by atoms with van der Waals surface area (Å²) in [6.07, 6.45) is -9.16. The molecular formula is C8H3F5N2O5. The molecule has 0 aliphatic rings. The monoisotopic (exact) mass is 302 g/mol. The molecule has 0 saturated carbocycles. The van der Waals surface area contributed by atoms with E-state index in [-0.39, 0.29) is 6.07 Å². The third-order valence-corrected chi connectivity index (χ3v) is 1.84. The van der Waals surface area contributed by atoms with Crippen molar-refractivity contribution in [2.45, 2.75) is 12.8 Å². The number of alkyl halides is 5. The summed E-state index contributed by atoms with van der Waals surface area (Å²) in [7, 11) is 0. The van der Waals surface area contributed by atoms with Crippen LogP contribution in [-0.4, -0.2) is 27.3 Å². The summed E-state index contributed by atoms with van der Waals surface area (Å²) in [5, 5.41) is 19.0. The minimum atomic E-state index is -5.44. The van der Waals surface area contributed by atoms with Gasteiger partial charge in [0.25, 0.3) is 12.1 Å². The van der Waals surface area contributed by atoms with E-state index in [2.05, 4.69) is 9.72 Å². The van der Waals surface area contributed by atoms with E-state index in [1.54, 1.807) is 0 Å². The zero-order valence-corrected chi connectivity index (χ0v) is 9.02. The zero-order valence-electron chi connectivity index (χ0n) is 9.02. The minimum absolute atomic E-state index is 0.0321. The molecule has 1 aromatic heterocycles. The van der Waals surface area contributed by atoms with Gasteiger partial charge < -0.3 is 20.0 Å². The van der Waals surface area contributed by atoms with Crippen molar-refractivity contribution in [1.82, 2.24) is 4.98 Å². The van der Waals surface area contributed by atoms with Crippen LogP contribution in [0.3, 0.4) is 0 Å². The molecule has 0 atom stereocenters. The number of hydrogen-bond donors (Lipinski definition) is 1. The second-order valence-corrected chi connectivity index (χ2v) is 3.15. The molecule has 1 N–H and O–H groups in total. The molecule has 0 aliphatic heterocycles. The predicted molar refractivity (Wildman–Crippen MR) is 49.5 cm³/mol. The van der Waals surface area contributed by atoms with Gasteiger partial charge in [-0.3, -0.25) is 0 Å². The van der Waals surface area contributed by atoms with E-state index in [0.29, 0.717) is 0 Å². The molecular weight excluding hydrogens is 299 g/mol. The average molecular weight is 302 g/mol. The van der Waals surface area contributed by atoms with Gasteiger partial charge in [-0.15, -0.1) is 13.2 Å². The Bertz CT molecular complexity index is 559. The number of nitrogens with zero attached hydrogens (tertiary/aromatic N) is 2. The highest BCUT2D eigenvalue weighted by molar-refractivity contribution is 5.86. The second-order valence-electron chi connectivity index (χ2n) is 3.15. The molecule has 7 nitrogen and oxygen atoms in total. The first-order chi connectivity index (χ1) is 9.03. The average Bonchev–Trinajstić information content (AvgIpc) is 2.24. The molecule has 1 heterocycles. The topological polar surface area (TPSA) is 103 Å². The van der Waals surface area contributed by atoms with Crippen LogP contribution in [-0.2, 0) is 0 Å². The number of hydrogen-bond acceptors (Lipinski definition) is 5. The summed E-state index contributed by atoms with van der Waals surface area (Å²) in [6.45, 7) is 0. The quantitative estimate of drug-likeness (QED) is 0.521. The second kappa shape index (κ2) is 5.22. The molecule has 0 saturated heterocycles. The number of pyridine rings is 1. The lowest BCUT2D eigenvalue weighted by molar-refractivity contribution is -0.391. The van der Waals surface area contributed by atoms with Gasteiger partial charge in [0.15, 0.2) is 11.3 Å². The summed E-state index contributed by atoms with van der Waals surface area (Å²) in [4.78, 5) is 22.3. The van der Waals surface area contributed by atoms with Crippen LogP contribution in [0.5, 0.6) is 5.75 Å². The van der Waals surface area contributed by atoms with Crippen LogP contribution in [0.15, 0.2) is 6.07 Å². The van der Waals surface area contributed by atoms with Crippen molar-refractivity contribution in [3.63, 3.8) is 0 Å². The van der Waals surface area contributed by atoms with E-state index in [9.17, 15) is 36.9 Å². The smallest absolute Gasteiger partial charge is 0.475 e. The van der Waals surface area contributed by atoms with Crippen molar-refractivity contribution in [3.05, 3.63) is 27.4 Å². The molecule has 0 aromatic carbocycles. The number of rotatable bonds is 4. The Hall–Kier alpha value is -2.53. The van der Waals surface area contributed by atoms with Gasteiger partial charge in [-0.1, -0.05) is 0 Å². The van der Waals surface area contributed by atoms with Gasteiger partial charge >= 0.3 is 18.1 Å². The molecule has 20 heavy (non-hydrogen) atoms. The molecule has 0 radical (unpaired) electrons. The number of carbonyl (C=O) groups is 1. The van der Waals surface area contributed by atoms with Crippen molar-refractivity contribution >= 4 is 11.8 Å². The fourth-order valence-electron chi connectivity index (χ4n) is 1.18. The van der Waals surface area contributed by atoms with Crippen molar-refractivity contribution < 1.29 is 41.5 Å². The van der Waals surface area contributed by atoms with E-state index in [1.165, 1.54) is 0 Å². The van der Waals surface area contributed by atoms with Gasteiger partial charge in [0.05, 0.1) is 0 Å². The highest BCUT2D eigenvalue weighted by Crippen LogP contribution is 2.38. The molecule has 1 rings (SSSR count). The standard InChI is InChI=1S/C8H3F5N2O5/c9-5(10)4-3(20-8(11,12)13)1-2(7(16)17)14-6(4)15(18)19/h1,5H,(H,16,17). The number of carboxylic acid groups (broad SMARTS) is 1. The fourth-order valence-corrected chi connectivity index (χ4v) is 1.18. The third kappa shape index (κ3) is 3.49. The molecule has 1 aromatic rings. The van der Waals surface area contributed by atoms with Crippen LogP contribution in [0.2, 0.25) is 0 Å². The van der Waals surface area contributed by atoms with E-state index in [0.717, 1.165) is 0 Å². The lowest BCUT2D eigenvalue weighted by Gasteiger charge is -2.12. The SMILES string of the molecule is O=C(O)c1cc(OC(F)(F)F)c(C(F)F)c([N+](=O)[O-])n1. The molecule has 0 unspecified atom stereocenters. The Morgan fingerprint density at radius 1 is 1.45 bits per heavy atom. The summed E-state index contributed by atoms with van der Waals surface area (Å²) in [6, 6.07) is 0.0321. The first kappa shape index (κ1) is 15.5. The molecule has 12 heteroatoms. The Morgan fingerprint density at radius 2 is 2.00 bits per heavy atom. The molecule has 0 amide bonds. The first-order valence-corrected chi connectivity index (χ1v) is 4.49. The van der Waals surface area contributed by atoms with Crippen LogP contribution in [0.25, 0.3) is 0 Å². The van der Waals surface area contributed by atoms with E-state index in [4.69, 9.17) is 5.11 Å².